The van der Waals surface area contributed by atoms with Crippen LogP contribution in [0.25, 0.3) is 0 Å². The van der Waals surface area contributed by atoms with Gasteiger partial charge in [0.25, 0.3) is 0 Å². The van der Waals surface area contributed by atoms with Gasteiger partial charge in [0.1, 0.15) is 0 Å². The van der Waals surface area contributed by atoms with Crippen molar-refractivity contribution in [1.82, 2.24) is 20.2 Å². The Hall–Kier alpha value is -2.24. The van der Waals surface area contributed by atoms with Crippen molar-refractivity contribution in [2.24, 2.45) is 7.05 Å². The lowest BCUT2D eigenvalue weighted by molar-refractivity contribution is 0.101. The summed E-state index contributed by atoms with van der Waals surface area (Å²) in [4.78, 5) is 12.6. The van der Waals surface area contributed by atoms with E-state index < -0.39 is 0 Å². The number of carbonyl (C=O) groups is 1. The molecule has 0 atom stereocenters. The third kappa shape index (κ3) is 2.87. The molecule has 17 heavy (non-hydrogen) atoms. The summed E-state index contributed by atoms with van der Waals surface area (Å²) in [5, 5.41) is 14.8. The minimum absolute atomic E-state index is 0.0475. The van der Waals surface area contributed by atoms with Crippen molar-refractivity contribution in [3.05, 3.63) is 35.7 Å². The number of nitrogens with one attached hydrogen (secondary N) is 1. The zero-order chi connectivity index (χ0) is 12.3. The molecular weight excluding hydrogens is 218 g/mol. The third-order valence-electron chi connectivity index (χ3n) is 2.27. The maximum atomic E-state index is 11.2. The molecule has 0 aliphatic rings. The molecule has 0 spiro atoms. The highest BCUT2D eigenvalue weighted by Gasteiger charge is 2.02. The van der Waals surface area contributed by atoms with Crippen LogP contribution in [0.2, 0.25) is 0 Å². The van der Waals surface area contributed by atoms with E-state index in [9.17, 15) is 4.79 Å². The summed E-state index contributed by atoms with van der Waals surface area (Å²) in [7, 11) is 1.72. The minimum atomic E-state index is 0.0475. The number of nitrogens with zero attached hydrogens (tertiary/aromatic N) is 4. The highest BCUT2D eigenvalue weighted by molar-refractivity contribution is 5.94. The Bertz CT molecular complexity index is 534. The second-order valence-electron chi connectivity index (χ2n) is 3.69. The van der Waals surface area contributed by atoms with E-state index in [0.717, 1.165) is 5.69 Å². The lowest BCUT2D eigenvalue weighted by Gasteiger charge is -2.04. The number of aromatic nitrogens is 4. The maximum absolute atomic E-state index is 11.2. The largest absolute Gasteiger partial charge is 0.378 e. The van der Waals surface area contributed by atoms with Gasteiger partial charge < -0.3 is 5.32 Å². The molecule has 0 saturated carbocycles. The number of benzene rings is 1. The highest BCUT2D eigenvalue weighted by Crippen LogP contribution is 2.11. The Morgan fingerprint density at radius 3 is 2.94 bits per heavy atom. The van der Waals surface area contributed by atoms with Gasteiger partial charge in [0.2, 0.25) is 0 Å². The van der Waals surface area contributed by atoms with E-state index in [-0.39, 0.29) is 5.78 Å². The zero-order valence-corrected chi connectivity index (χ0v) is 9.71. The zero-order valence-electron chi connectivity index (χ0n) is 9.71. The molecule has 2 rings (SSSR count). The van der Waals surface area contributed by atoms with Crippen LogP contribution < -0.4 is 5.32 Å². The molecule has 6 nitrogen and oxygen atoms in total. The van der Waals surface area contributed by atoms with Crippen LogP contribution in [0.15, 0.2) is 24.3 Å². The molecule has 1 N–H and O–H groups in total. The Kier molecular flexibility index (Phi) is 3.13. The Morgan fingerprint density at radius 2 is 2.29 bits per heavy atom. The normalized spacial score (nSPS) is 10.2. The van der Waals surface area contributed by atoms with E-state index in [0.29, 0.717) is 17.9 Å². The lowest BCUT2D eigenvalue weighted by Crippen LogP contribution is -2.03. The van der Waals surface area contributed by atoms with Crippen LogP contribution in [-0.2, 0) is 13.6 Å². The quantitative estimate of drug-likeness (QED) is 0.795. The summed E-state index contributed by atoms with van der Waals surface area (Å²) in [5.41, 5.74) is 1.55. The van der Waals surface area contributed by atoms with Crippen LogP contribution in [0, 0.1) is 0 Å². The molecule has 0 aliphatic carbocycles. The molecule has 88 valence electrons. The van der Waals surface area contributed by atoms with Gasteiger partial charge in [0.05, 0.1) is 13.6 Å². The summed E-state index contributed by atoms with van der Waals surface area (Å²) in [6, 6.07) is 7.32. The van der Waals surface area contributed by atoms with Gasteiger partial charge in [0.15, 0.2) is 11.6 Å². The van der Waals surface area contributed by atoms with Crippen LogP contribution in [0.1, 0.15) is 23.1 Å². The molecule has 0 fully saturated rings. The minimum Gasteiger partial charge on any atom is -0.378 e. The summed E-state index contributed by atoms with van der Waals surface area (Å²) < 4.78 is 0. The van der Waals surface area contributed by atoms with Crippen LogP contribution >= 0.6 is 0 Å². The van der Waals surface area contributed by atoms with Crippen LogP contribution in [0.3, 0.4) is 0 Å². The van der Waals surface area contributed by atoms with Gasteiger partial charge in [-0.2, -0.15) is 4.80 Å². The third-order valence-corrected chi connectivity index (χ3v) is 2.27. The van der Waals surface area contributed by atoms with Crippen molar-refractivity contribution in [3.63, 3.8) is 0 Å². The molecule has 0 bridgehead atoms. The molecule has 1 aromatic carbocycles. The number of carbonyl (C=O) groups excluding carboxylic acids is 1. The van der Waals surface area contributed by atoms with Crippen molar-refractivity contribution in [2.45, 2.75) is 13.5 Å². The first-order chi connectivity index (χ1) is 8.15. The van der Waals surface area contributed by atoms with Crippen molar-refractivity contribution >= 4 is 11.5 Å². The molecule has 0 saturated heterocycles. The number of Topliss-reactive ketones (excluding diaryl/α,β-unsaturated/α-hetero) is 1. The van der Waals surface area contributed by atoms with Gasteiger partial charge in [-0.15, -0.1) is 10.2 Å². The maximum Gasteiger partial charge on any atom is 0.193 e. The Morgan fingerprint density at radius 1 is 1.47 bits per heavy atom. The van der Waals surface area contributed by atoms with Gasteiger partial charge in [-0.1, -0.05) is 12.1 Å². The summed E-state index contributed by atoms with van der Waals surface area (Å²) in [6.07, 6.45) is 0. The van der Waals surface area contributed by atoms with E-state index in [1.54, 1.807) is 26.1 Å². The number of ketones is 1. The molecule has 1 aromatic heterocycles. The standard InChI is InChI=1S/C11H13N5O/c1-8(17)9-4-3-5-10(6-9)12-7-11-13-15-16(2)14-11/h3-6,12H,7H2,1-2H3. The van der Waals surface area contributed by atoms with E-state index in [2.05, 4.69) is 20.7 Å². The molecule has 0 aliphatic heterocycles. The first-order valence-electron chi connectivity index (χ1n) is 5.23. The van der Waals surface area contributed by atoms with Gasteiger partial charge in [-0.25, -0.2) is 0 Å². The fraction of sp³-hybridized carbons (Fsp3) is 0.273. The van der Waals surface area contributed by atoms with Gasteiger partial charge in [0, 0.05) is 11.3 Å². The number of rotatable bonds is 4. The molecule has 1 heterocycles. The fourth-order valence-corrected chi connectivity index (χ4v) is 1.42. The predicted octanol–water partition coefficient (Wildman–Crippen LogP) is 1.02. The number of anilines is 1. The van der Waals surface area contributed by atoms with Crippen LogP contribution in [0.4, 0.5) is 5.69 Å². The van der Waals surface area contributed by atoms with Gasteiger partial charge in [-0.3, -0.25) is 4.79 Å². The SMILES string of the molecule is CC(=O)c1cccc(NCc2nnn(C)n2)c1. The second kappa shape index (κ2) is 4.73. The smallest absolute Gasteiger partial charge is 0.193 e. The van der Waals surface area contributed by atoms with Gasteiger partial charge >= 0.3 is 0 Å². The number of hydrogen-bond acceptors (Lipinski definition) is 5. The molecule has 0 unspecified atom stereocenters. The van der Waals surface area contributed by atoms with Crippen molar-refractivity contribution < 1.29 is 4.79 Å². The van der Waals surface area contributed by atoms with Crippen molar-refractivity contribution in [2.75, 3.05) is 5.32 Å². The van der Waals surface area contributed by atoms with E-state index >= 15 is 0 Å². The Labute approximate surface area is 98.6 Å². The first kappa shape index (κ1) is 11.3. The lowest BCUT2D eigenvalue weighted by atomic mass is 10.1. The molecule has 0 amide bonds. The Balaban J connectivity index is 2.04. The van der Waals surface area contributed by atoms with E-state index in [4.69, 9.17) is 0 Å². The van der Waals surface area contributed by atoms with E-state index in [1.807, 2.05) is 12.1 Å². The number of tetrazole rings is 1. The van der Waals surface area contributed by atoms with Gasteiger partial charge in [-0.05, 0) is 24.3 Å². The number of aryl methyl sites for hydroxylation is 1. The number of hydrogen-bond donors (Lipinski definition) is 1. The highest BCUT2D eigenvalue weighted by atomic mass is 16.1. The molecular formula is C11H13N5O. The topological polar surface area (TPSA) is 72.7 Å². The monoisotopic (exact) mass is 231 g/mol. The summed E-state index contributed by atoms with van der Waals surface area (Å²) >= 11 is 0. The molecule has 2 aromatic rings. The van der Waals surface area contributed by atoms with Crippen LogP contribution in [0.5, 0.6) is 0 Å². The summed E-state index contributed by atoms with van der Waals surface area (Å²) in [6.45, 7) is 2.03. The van der Waals surface area contributed by atoms with Crippen molar-refractivity contribution in [1.29, 1.82) is 0 Å². The fourth-order valence-electron chi connectivity index (χ4n) is 1.42. The van der Waals surface area contributed by atoms with Crippen molar-refractivity contribution in [3.8, 4) is 0 Å². The average Bonchev–Trinajstić information content (AvgIpc) is 2.73. The molecule has 0 radical (unpaired) electrons. The summed E-state index contributed by atoms with van der Waals surface area (Å²) in [5.74, 6) is 0.659. The van der Waals surface area contributed by atoms with Crippen LogP contribution in [-0.4, -0.2) is 26.0 Å². The average molecular weight is 231 g/mol. The van der Waals surface area contributed by atoms with E-state index in [1.165, 1.54) is 4.80 Å². The predicted molar refractivity (Wildman–Crippen MR) is 62.6 cm³/mol. The second-order valence-corrected chi connectivity index (χ2v) is 3.69. The first-order valence-corrected chi connectivity index (χ1v) is 5.23. The molecule has 6 heteroatoms.